The lowest BCUT2D eigenvalue weighted by atomic mass is 10.4. The lowest BCUT2D eigenvalue weighted by Crippen LogP contribution is -2.28. The number of hydrogen-bond donors (Lipinski definition) is 1. The molecule has 2 aliphatic heterocycles. The van der Waals surface area contributed by atoms with Crippen molar-refractivity contribution in [3.8, 4) is 12.8 Å². The average Bonchev–Trinajstić information content (AvgIpc) is 2.91. The van der Waals surface area contributed by atoms with E-state index in [-0.39, 0.29) is 52.1 Å². The van der Waals surface area contributed by atoms with Crippen LogP contribution < -0.4 is 0 Å². The Morgan fingerprint density at radius 2 is 1.32 bits per heavy atom. The minimum atomic E-state index is -0.505. The van der Waals surface area contributed by atoms with Crippen molar-refractivity contribution in [2.24, 2.45) is 0 Å². The minimum Gasteiger partial charge on any atom is -0.334 e. The van der Waals surface area contributed by atoms with E-state index >= 15 is 0 Å². The van der Waals surface area contributed by atoms with Crippen LogP contribution >= 0.6 is 0 Å². The zero-order valence-corrected chi connectivity index (χ0v) is 10.3. The van der Waals surface area contributed by atoms with Crippen molar-refractivity contribution in [2.45, 2.75) is 40.5 Å². The Labute approximate surface area is 130 Å². The highest BCUT2D eigenvalue weighted by Gasteiger charge is 2.30. The number of imide groups is 2. The third-order valence-electron chi connectivity index (χ3n) is 2.18. The molecule has 9 nitrogen and oxygen atoms in total. The first kappa shape index (κ1) is 21.6. The molecule has 2 heterocycles. The van der Waals surface area contributed by atoms with E-state index in [0.29, 0.717) is 5.06 Å². The molecule has 0 bridgehead atoms. The van der Waals surface area contributed by atoms with E-state index in [4.69, 9.17) is 6.58 Å². The standard InChI is InChI=1S/C5H5NO4.C4H5NO3.C2H2.2CH4/c7-3-10-6-4(8)1-2-5(6)9;6-3-1-2-4(7)5(3)8;1-2;;/h3H,1-2H2;8H,1-2H2;1-2H;2*1H4/i;;1D;;. The number of carbonyl (C=O) groups is 5. The Bertz CT molecular complexity index is 455. The summed E-state index contributed by atoms with van der Waals surface area (Å²) in [6.45, 7) is 0.0567. The van der Waals surface area contributed by atoms with Crippen LogP contribution in [-0.2, 0) is 28.8 Å². The van der Waals surface area contributed by atoms with Crippen molar-refractivity contribution < 1.29 is 35.4 Å². The molecule has 0 aromatic carbocycles. The first-order chi connectivity index (χ1) is 9.88. The zero-order valence-electron chi connectivity index (χ0n) is 11.3. The number of terminal acetylenes is 1. The molecule has 124 valence electrons. The predicted molar refractivity (Wildman–Crippen MR) is 74.5 cm³/mol. The fourth-order valence-corrected chi connectivity index (χ4v) is 1.28. The number of carbonyl (C=O) groups excluding carboxylic acids is 5. The van der Waals surface area contributed by atoms with Crippen molar-refractivity contribution >= 4 is 30.1 Å². The highest BCUT2D eigenvalue weighted by molar-refractivity contribution is 6.01. The van der Waals surface area contributed by atoms with Gasteiger partial charge in [-0.3, -0.25) is 29.2 Å². The quantitative estimate of drug-likeness (QED) is 0.336. The fraction of sp³-hybridized carbons (Fsp3) is 0.462. The Kier molecular flexibility index (Phi) is 11.8. The van der Waals surface area contributed by atoms with E-state index in [0.717, 1.165) is 0 Å². The van der Waals surface area contributed by atoms with Crippen molar-refractivity contribution in [3.05, 3.63) is 0 Å². The van der Waals surface area contributed by atoms with Gasteiger partial charge in [-0.25, -0.2) is 0 Å². The van der Waals surface area contributed by atoms with Crippen LogP contribution in [0, 0.1) is 12.8 Å². The smallest absolute Gasteiger partial charge is 0.321 e. The first-order valence-corrected chi connectivity index (χ1v) is 5.27. The van der Waals surface area contributed by atoms with Crippen LogP contribution in [0.2, 0.25) is 0 Å². The third-order valence-corrected chi connectivity index (χ3v) is 2.18. The molecule has 0 unspecified atom stereocenters. The summed E-state index contributed by atoms with van der Waals surface area (Å²) in [5, 5.41) is 9.05. The molecule has 2 saturated heterocycles. The topological polar surface area (TPSA) is 121 Å². The van der Waals surface area contributed by atoms with Gasteiger partial charge in [0.2, 0.25) is 0 Å². The van der Waals surface area contributed by atoms with Crippen molar-refractivity contribution in [3.63, 3.8) is 0 Å². The number of nitrogens with zero attached hydrogens (tertiary/aromatic N) is 2. The summed E-state index contributed by atoms with van der Waals surface area (Å²) in [4.78, 5) is 55.4. The van der Waals surface area contributed by atoms with Gasteiger partial charge in [0.25, 0.3) is 23.6 Å². The van der Waals surface area contributed by atoms with Gasteiger partial charge in [-0.1, -0.05) is 14.9 Å². The molecule has 9 heteroatoms. The molecule has 0 aromatic heterocycles. The highest BCUT2D eigenvalue weighted by Crippen LogP contribution is 2.10. The SMILES string of the molecule is C.C.O=C1CCC(=O)N1O.O=CON1C(=O)CCC1=O.[2H]C#C. The van der Waals surface area contributed by atoms with Crippen LogP contribution in [0.1, 0.15) is 41.9 Å². The van der Waals surface area contributed by atoms with Crippen LogP contribution in [0.25, 0.3) is 0 Å². The largest absolute Gasteiger partial charge is 0.334 e. The van der Waals surface area contributed by atoms with Gasteiger partial charge in [0, 0.05) is 25.7 Å². The van der Waals surface area contributed by atoms with Crippen LogP contribution in [0.15, 0.2) is 0 Å². The summed E-state index contributed by atoms with van der Waals surface area (Å²) in [7, 11) is 0. The van der Waals surface area contributed by atoms with E-state index in [1.807, 2.05) is 0 Å². The molecule has 2 aliphatic rings. The summed E-state index contributed by atoms with van der Waals surface area (Å²) in [6, 6.07) is 0. The summed E-state index contributed by atoms with van der Waals surface area (Å²) in [6.07, 6.45) is 6.32. The van der Waals surface area contributed by atoms with Crippen LogP contribution in [0.5, 0.6) is 0 Å². The van der Waals surface area contributed by atoms with Gasteiger partial charge < -0.3 is 4.84 Å². The maximum Gasteiger partial charge on any atom is 0.321 e. The van der Waals surface area contributed by atoms with Gasteiger partial charge >= 0.3 is 6.47 Å². The molecule has 22 heavy (non-hydrogen) atoms. The van der Waals surface area contributed by atoms with E-state index in [1.165, 1.54) is 6.40 Å². The van der Waals surface area contributed by atoms with Gasteiger partial charge in [0.1, 0.15) is 1.37 Å². The van der Waals surface area contributed by atoms with Gasteiger partial charge in [-0.15, -0.1) is 17.9 Å². The Morgan fingerprint density at radius 1 is 1.00 bits per heavy atom. The molecule has 2 rings (SSSR count). The van der Waals surface area contributed by atoms with Gasteiger partial charge in [-0.05, 0) is 0 Å². The molecule has 0 aliphatic carbocycles. The average molecular weight is 317 g/mol. The van der Waals surface area contributed by atoms with Gasteiger partial charge in [-0.2, -0.15) is 5.06 Å². The van der Waals surface area contributed by atoms with Crippen LogP contribution in [-0.4, -0.2) is 45.4 Å². The van der Waals surface area contributed by atoms with Crippen molar-refractivity contribution in [1.82, 2.24) is 10.1 Å². The molecule has 0 radical (unpaired) electrons. The van der Waals surface area contributed by atoms with Crippen LogP contribution in [0.4, 0.5) is 0 Å². The number of hydrogen-bond acceptors (Lipinski definition) is 7. The Balaban J connectivity index is -0.000000281. The number of rotatable bonds is 2. The molecule has 0 spiro atoms. The Morgan fingerprint density at radius 3 is 1.55 bits per heavy atom. The predicted octanol–water partition coefficient (Wildman–Crippen LogP) is 0.270. The van der Waals surface area contributed by atoms with E-state index < -0.39 is 23.6 Å². The van der Waals surface area contributed by atoms with E-state index in [2.05, 4.69) is 11.3 Å². The normalized spacial score (nSPS) is 15.9. The summed E-state index contributed by atoms with van der Waals surface area (Å²) >= 11 is 0. The molecule has 0 aromatic rings. The first-order valence-electron chi connectivity index (χ1n) is 5.77. The monoisotopic (exact) mass is 317 g/mol. The summed E-state index contributed by atoms with van der Waals surface area (Å²) in [5.41, 5.74) is 0. The van der Waals surface area contributed by atoms with Crippen molar-refractivity contribution in [2.75, 3.05) is 0 Å². The third kappa shape index (κ3) is 6.62. The number of amides is 4. The van der Waals surface area contributed by atoms with E-state index in [9.17, 15) is 24.0 Å². The fourth-order valence-electron chi connectivity index (χ4n) is 1.28. The highest BCUT2D eigenvalue weighted by atomic mass is 16.7. The summed E-state index contributed by atoms with van der Waals surface area (Å²) in [5.74, 6) is -1.93. The maximum absolute atomic E-state index is 10.6. The summed E-state index contributed by atoms with van der Waals surface area (Å²) < 4.78 is 5.74. The zero-order chi connectivity index (χ0) is 16.4. The molecule has 2 fully saturated rings. The molecule has 1 N–H and O–H groups in total. The Hall–Kier alpha value is -2.73. The molecule has 0 atom stereocenters. The second-order valence-electron chi connectivity index (χ2n) is 3.38. The van der Waals surface area contributed by atoms with E-state index in [1.54, 1.807) is 0 Å². The molecular formula is C13H20N2O7. The second-order valence-corrected chi connectivity index (χ2v) is 3.38. The van der Waals surface area contributed by atoms with Crippen molar-refractivity contribution in [1.29, 1.82) is 0 Å². The lowest BCUT2D eigenvalue weighted by molar-refractivity contribution is -0.188. The second kappa shape index (κ2) is 12.0. The van der Waals surface area contributed by atoms with Gasteiger partial charge in [0.15, 0.2) is 0 Å². The lowest BCUT2D eigenvalue weighted by Gasteiger charge is -2.06. The van der Waals surface area contributed by atoms with Crippen LogP contribution in [0.3, 0.4) is 0 Å². The van der Waals surface area contributed by atoms with Gasteiger partial charge in [0.05, 0.1) is 0 Å². The molecular weight excluding hydrogens is 296 g/mol. The minimum absolute atomic E-state index is 0. The molecule has 4 amide bonds. The molecule has 0 saturated carbocycles. The maximum atomic E-state index is 10.6. The number of hydroxylamine groups is 4.